The second-order valence-corrected chi connectivity index (χ2v) is 6.84. The molecule has 1 atom stereocenters. The maximum absolute atomic E-state index is 12.5. The van der Waals surface area contributed by atoms with E-state index >= 15 is 0 Å². The van der Waals surface area contributed by atoms with Crippen LogP contribution in [0.1, 0.15) is 25.3 Å². The summed E-state index contributed by atoms with van der Waals surface area (Å²) >= 11 is 0. The number of amides is 2. The highest BCUT2D eigenvalue weighted by Gasteiger charge is 2.40. The van der Waals surface area contributed by atoms with Gasteiger partial charge in [-0.05, 0) is 43.4 Å². The zero-order valence-corrected chi connectivity index (χ0v) is 15.0. The zero-order chi connectivity index (χ0) is 19.6. The summed E-state index contributed by atoms with van der Waals surface area (Å²) in [7, 11) is 0. The lowest BCUT2D eigenvalue weighted by molar-refractivity contribution is -0.138. The Kier molecular flexibility index (Phi) is 5.34. The third-order valence-electron chi connectivity index (χ3n) is 4.68. The molecule has 2 amide bonds. The first-order valence-corrected chi connectivity index (χ1v) is 8.82. The van der Waals surface area contributed by atoms with Crippen molar-refractivity contribution in [3.05, 3.63) is 41.2 Å². The van der Waals surface area contributed by atoms with Gasteiger partial charge in [-0.15, -0.1) is 0 Å². The van der Waals surface area contributed by atoms with Crippen molar-refractivity contribution < 1.29 is 29.3 Å². The van der Waals surface area contributed by atoms with Crippen molar-refractivity contribution in [2.24, 2.45) is 5.92 Å². The molecule has 1 aliphatic heterocycles. The normalized spacial score (nSPS) is 19.4. The van der Waals surface area contributed by atoms with Gasteiger partial charge >= 0.3 is 5.97 Å². The van der Waals surface area contributed by atoms with Crippen LogP contribution in [-0.4, -0.2) is 52.1 Å². The van der Waals surface area contributed by atoms with Crippen LogP contribution in [0.3, 0.4) is 0 Å². The topological polar surface area (TPSA) is 116 Å². The first kappa shape index (κ1) is 18.8. The van der Waals surface area contributed by atoms with Gasteiger partial charge in [0.15, 0.2) is 0 Å². The number of aliphatic carboxylic acids is 1. The maximum atomic E-state index is 12.5. The number of hydrogen-bond acceptors (Lipinski definition) is 5. The molecule has 3 rings (SSSR count). The molecule has 27 heavy (non-hydrogen) atoms. The monoisotopic (exact) mass is 374 g/mol. The van der Waals surface area contributed by atoms with E-state index in [1.807, 2.05) is 24.3 Å². The summed E-state index contributed by atoms with van der Waals surface area (Å²) in [4.78, 5) is 36.5. The van der Waals surface area contributed by atoms with Crippen LogP contribution >= 0.6 is 0 Å². The van der Waals surface area contributed by atoms with Gasteiger partial charge in [0.25, 0.3) is 11.8 Å². The Bertz CT molecular complexity index is 782. The number of nitrogens with zero attached hydrogens (tertiary/aromatic N) is 1. The second kappa shape index (κ2) is 7.69. The quantitative estimate of drug-likeness (QED) is 0.589. The highest BCUT2D eigenvalue weighted by molar-refractivity contribution is 6.20. The molecule has 3 N–H and O–H groups in total. The molecule has 8 heteroatoms. The summed E-state index contributed by atoms with van der Waals surface area (Å²) in [6, 6.07) is 6.66. The first-order valence-electron chi connectivity index (χ1n) is 8.82. The fraction of sp³-hybridized carbons (Fsp3) is 0.421. The van der Waals surface area contributed by atoms with E-state index in [9.17, 15) is 19.5 Å². The summed E-state index contributed by atoms with van der Waals surface area (Å²) in [6.45, 7) is 1.91. The number of nitrogens with one attached hydrogen (secondary N) is 1. The van der Waals surface area contributed by atoms with E-state index in [0.29, 0.717) is 12.5 Å². The predicted octanol–water partition coefficient (Wildman–Crippen LogP) is 1.22. The molecule has 144 valence electrons. The summed E-state index contributed by atoms with van der Waals surface area (Å²) in [5.41, 5.74) is 0.419. The molecule has 1 fully saturated rings. The van der Waals surface area contributed by atoms with Gasteiger partial charge in [-0.1, -0.05) is 12.1 Å². The second-order valence-electron chi connectivity index (χ2n) is 6.84. The predicted molar refractivity (Wildman–Crippen MR) is 95.0 cm³/mol. The Labute approximate surface area is 156 Å². The number of rotatable bonds is 8. The highest BCUT2D eigenvalue weighted by Crippen LogP contribution is 2.30. The molecular weight excluding hydrogens is 352 g/mol. The summed E-state index contributed by atoms with van der Waals surface area (Å²) in [6.07, 6.45) is 2.43. The number of aliphatic hydroxyl groups is 1. The van der Waals surface area contributed by atoms with Gasteiger partial charge in [0.1, 0.15) is 23.6 Å². The van der Waals surface area contributed by atoms with Gasteiger partial charge in [0.2, 0.25) is 0 Å². The molecule has 1 saturated carbocycles. The van der Waals surface area contributed by atoms with Gasteiger partial charge in [-0.3, -0.25) is 14.4 Å². The molecule has 1 heterocycles. The van der Waals surface area contributed by atoms with E-state index in [1.54, 1.807) is 6.92 Å². The summed E-state index contributed by atoms with van der Waals surface area (Å²) < 4.78 is 5.68. The Morgan fingerprint density at radius 1 is 1.26 bits per heavy atom. The Morgan fingerprint density at radius 2 is 1.93 bits per heavy atom. The Hall–Kier alpha value is -3.03. The van der Waals surface area contributed by atoms with Crippen LogP contribution in [0.15, 0.2) is 35.6 Å². The summed E-state index contributed by atoms with van der Waals surface area (Å²) in [5, 5.41) is 20.9. The molecule has 0 bridgehead atoms. The van der Waals surface area contributed by atoms with E-state index in [1.165, 1.54) is 17.7 Å². The van der Waals surface area contributed by atoms with Crippen LogP contribution in [0.4, 0.5) is 0 Å². The van der Waals surface area contributed by atoms with Gasteiger partial charge in [0.05, 0.1) is 12.6 Å². The highest BCUT2D eigenvalue weighted by atomic mass is 16.5. The molecule has 0 radical (unpaired) electrons. The SMILES string of the molecule is CC1C(O)=C(C(=O)NCC(=O)O)C(=O)N1Cc1ccc(OCC2CC2)cc1. The number of ether oxygens (including phenoxy) is 1. The third-order valence-corrected chi connectivity index (χ3v) is 4.68. The number of benzene rings is 1. The van der Waals surface area contributed by atoms with Crippen molar-refractivity contribution in [3.8, 4) is 5.75 Å². The van der Waals surface area contributed by atoms with Crippen molar-refractivity contribution in [2.75, 3.05) is 13.2 Å². The minimum Gasteiger partial charge on any atom is -0.509 e. The standard InChI is InChI=1S/C19H22N2O6/c1-11-17(24)16(18(25)20-8-15(22)23)19(26)21(11)9-12-4-6-14(7-5-12)27-10-13-2-3-13/h4-7,11,13,24H,2-3,8-10H2,1H3,(H,20,25)(H,22,23). The molecule has 1 aliphatic carbocycles. The number of carbonyl (C=O) groups excluding carboxylic acids is 2. The minimum atomic E-state index is -1.23. The van der Waals surface area contributed by atoms with Crippen LogP contribution in [0, 0.1) is 5.92 Å². The number of hydrogen-bond donors (Lipinski definition) is 3. The van der Waals surface area contributed by atoms with Crippen LogP contribution in [0.5, 0.6) is 5.75 Å². The van der Waals surface area contributed by atoms with Gasteiger partial charge in [0, 0.05) is 6.54 Å². The number of aliphatic hydroxyl groups excluding tert-OH is 1. The number of carbonyl (C=O) groups is 3. The molecule has 0 saturated heterocycles. The van der Waals surface area contributed by atoms with Crippen LogP contribution < -0.4 is 10.1 Å². The zero-order valence-electron chi connectivity index (χ0n) is 15.0. The molecule has 1 aromatic rings. The molecule has 1 unspecified atom stereocenters. The molecule has 2 aliphatic rings. The largest absolute Gasteiger partial charge is 0.509 e. The van der Waals surface area contributed by atoms with Crippen LogP contribution in [-0.2, 0) is 20.9 Å². The lowest BCUT2D eigenvalue weighted by Gasteiger charge is -2.22. The van der Waals surface area contributed by atoms with Crippen molar-refractivity contribution in [3.63, 3.8) is 0 Å². The van der Waals surface area contributed by atoms with Crippen molar-refractivity contribution in [1.29, 1.82) is 0 Å². The lowest BCUT2D eigenvalue weighted by Crippen LogP contribution is -2.36. The van der Waals surface area contributed by atoms with Crippen molar-refractivity contribution in [1.82, 2.24) is 10.2 Å². The molecule has 0 aromatic heterocycles. The van der Waals surface area contributed by atoms with Gasteiger partial charge in [-0.2, -0.15) is 0 Å². The van der Waals surface area contributed by atoms with Crippen LogP contribution in [0.2, 0.25) is 0 Å². The number of carboxylic acids is 1. The Morgan fingerprint density at radius 3 is 2.52 bits per heavy atom. The van der Waals surface area contributed by atoms with Crippen molar-refractivity contribution in [2.45, 2.75) is 32.4 Å². The maximum Gasteiger partial charge on any atom is 0.322 e. The van der Waals surface area contributed by atoms with Gasteiger partial charge < -0.3 is 25.2 Å². The Balaban J connectivity index is 1.62. The smallest absolute Gasteiger partial charge is 0.322 e. The van der Waals surface area contributed by atoms with E-state index in [-0.39, 0.29) is 12.3 Å². The lowest BCUT2D eigenvalue weighted by atomic mass is 10.2. The minimum absolute atomic E-state index is 0.211. The molecule has 0 spiro atoms. The average Bonchev–Trinajstić information content (AvgIpc) is 3.44. The van der Waals surface area contributed by atoms with E-state index in [4.69, 9.17) is 9.84 Å². The first-order chi connectivity index (χ1) is 12.9. The molecule has 1 aromatic carbocycles. The number of carboxylic acid groups (broad SMARTS) is 1. The van der Waals surface area contributed by atoms with Gasteiger partial charge in [-0.25, -0.2) is 0 Å². The fourth-order valence-corrected chi connectivity index (χ4v) is 2.84. The van der Waals surface area contributed by atoms with Crippen molar-refractivity contribution >= 4 is 17.8 Å². The third kappa shape index (κ3) is 4.39. The fourth-order valence-electron chi connectivity index (χ4n) is 2.84. The average molecular weight is 374 g/mol. The molecule has 8 nitrogen and oxygen atoms in total. The van der Waals surface area contributed by atoms with Crippen LogP contribution in [0.25, 0.3) is 0 Å². The van der Waals surface area contributed by atoms with E-state index in [0.717, 1.165) is 11.3 Å². The summed E-state index contributed by atoms with van der Waals surface area (Å²) in [5.74, 6) is -1.68. The van der Waals surface area contributed by atoms with E-state index < -0.39 is 35.9 Å². The molecular formula is C19H22N2O6. The van der Waals surface area contributed by atoms with E-state index in [2.05, 4.69) is 5.32 Å².